The van der Waals surface area contributed by atoms with Crippen LogP contribution < -0.4 is 10.2 Å². The number of aryl methyl sites for hydroxylation is 3. The minimum absolute atomic E-state index is 0.0416. The van der Waals surface area contributed by atoms with Gasteiger partial charge in [0.1, 0.15) is 0 Å². The Morgan fingerprint density at radius 1 is 0.971 bits per heavy atom. The van der Waals surface area contributed by atoms with Crippen molar-refractivity contribution < 1.29 is 4.79 Å². The molecule has 0 unspecified atom stereocenters. The summed E-state index contributed by atoms with van der Waals surface area (Å²) >= 11 is 6.32. The van der Waals surface area contributed by atoms with Crippen molar-refractivity contribution in [2.24, 2.45) is 0 Å². The highest BCUT2D eigenvalue weighted by Crippen LogP contribution is 2.26. The van der Waals surface area contributed by atoms with Gasteiger partial charge in [0.05, 0.1) is 17.8 Å². The van der Waals surface area contributed by atoms with Gasteiger partial charge < -0.3 is 15.1 Å². The summed E-state index contributed by atoms with van der Waals surface area (Å²) in [5, 5.41) is 8.48. The highest BCUT2D eigenvalue weighted by molar-refractivity contribution is 6.31. The van der Waals surface area contributed by atoms with Crippen molar-refractivity contribution in [1.82, 2.24) is 14.7 Å². The van der Waals surface area contributed by atoms with Crippen LogP contribution in [0.15, 0.2) is 36.4 Å². The van der Waals surface area contributed by atoms with Crippen LogP contribution in [0.1, 0.15) is 35.0 Å². The van der Waals surface area contributed by atoms with E-state index in [9.17, 15) is 4.79 Å². The standard InChI is InChI=1S/C27H34ClN5O/c1-6-31-11-13-32(14-12-31)22-9-10-26(19(3)15-22)29-27(34)17-24-20(4)30-33(21(24)5)23-8-7-18(2)25(28)16-23/h7-10,15-16H,6,11-14,17H2,1-5H3,(H,29,34). The fraction of sp³-hybridized carbons (Fsp3) is 0.407. The predicted octanol–water partition coefficient (Wildman–Crippen LogP) is 5.08. The number of carbonyl (C=O) groups excluding carboxylic acids is 1. The second kappa shape index (κ2) is 10.2. The van der Waals surface area contributed by atoms with Gasteiger partial charge in [-0.15, -0.1) is 0 Å². The van der Waals surface area contributed by atoms with E-state index < -0.39 is 0 Å². The molecule has 2 heterocycles. The largest absolute Gasteiger partial charge is 0.369 e. The van der Waals surface area contributed by atoms with Crippen molar-refractivity contribution in [1.29, 1.82) is 0 Å². The lowest BCUT2D eigenvalue weighted by Gasteiger charge is -2.35. The molecule has 0 aliphatic carbocycles. The van der Waals surface area contributed by atoms with E-state index in [-0.39, 0.29) is 12.3 Å². The summed E-state index contributed by atoms with van der Waals surface area (Å²) < 4.78 is 1.86. The first-order chi connectivity index (χ1) is 16.3. The van der Waals surface area contributed by atoms with E-state index in [4.69, 9.17) is 11.6 Å². The van der Waals surface area contributed by atoms with E-state index in [1.807, 2.05) is 49.7 Å². The highest BCUT2D eigenvalue weighted by Gasteiger charge is 2.19. The number of carbonyl (C=O) groups is 1. The first-order valence-corrected chi connectivity index (χ1v) is 12.3. The van der Waals surface area contributed by atoms with Crippen molar-refractivity contribution in [2.75, 3.05) is 42.9 Å². The first-order valence-electron chi connectivity index (χ1n) is 12.0. The van der Waals surface area contributed by atoms with Crippen LogP contribution in [0.3, 0.4) is 0 Å². The summed E-state index contributed by atoms with van der Waals surface area (Å²) in [7, 11) is 0. The third kappa shape index (κ3) is 5.13. The van der Waals surface area contributed by atoms with E-state index >= 15 is 0 Å². The Labute approximate surface area is 207 Å². The Morgan fingerprint density at radius 3 is 2.32 bits per heavy atom. The second-order valence-corrected chi connectivity index (χ2v) is 9.55. The second-order valence-electron chi connectivity index (χ2n) is 9.14. The maximum absolute atomic E-state index is 13.0. The average molecular weight is 480 g/mol. The zero-order valence-electron chi connectivity index (χ0n) is 20.8. The third-order valence-corrected chi connectivity index (χ3v) is 7.25. The van der Waals surface area contributed by atoms with Gasteiger partial charge in [-0.25, -0.2) is 4.68 Å². The number of nitrogens with one attached hydrogen (secondary N) is 1. The maximum atomic E-state index is 13.0. The van der Waals surface area contributed by atoms with Crippen molar-refractivity contribution in [3.05, 3.63) is 69.5 Å². The van der Waals surface area contributed by atoms with Crippen molar-refractivity contribution in [3.8, 4) is 5.69 Å². The highest BCUT2D eigenvalue weighted by atomic mass is 35.5. The van der Waals surface area contributed by atoms with Gasteiger partial charge in [-0.05, 0) is 75.7 Å². The average Bonchev–Trinajstić information content (AvgIpc) is 3.10. The predicted molar refractivity (Wildman–Crippen MR) is 141 cm³/mol. The number of anilines is 2. The van der Waals surface area contributed by atoms with Crippen molar-refractivity contribution >= 4 is 28.9 Å². The lowest BCUT2D eigenvalue weighted by molar-refractivity contribution is -0.115. The normalized spacial score (nSPS) is 14.5. The van der Waals surface area contributed by atoms with Crippen LogP contribution in [-0.2, 0) is 11.2 Å². The number of likely N-dealkylation sites (N-methyl/N-ethyl adjacent to an activating group) is 1. The Bertz CT molecular complexity index is 1190. The van der Waals surface area contributed by atoms with Crippen LogP contribution in [0.25, 0.3) is 5.69 Å². The molecule has 0 bridgehead atoms. The molecule has 1 fully saturated rings. The monoisotopic (exact) mass is 479 g/mol. The zero-order chi connectivity index (χ0) is 24.4. The first kappa shape index (κ1) is 24.3. The quantitative estimate of drug-likeness (QED) is 0.535. The van der Waals surface area contributed by atoms with Crippen LogP contribution in [0.5, 0.6) is 0 Å². The minimum Gasteiger partial charge on any atom is -0.369 e. The molecule has 4 rings (SSSR count). The smallest absolute Gasteiger partial charge is 0.228 e. The number of aromatic nitrogens is 2. The van der Waals surface area contributed by atoms with Gasteiger partial charge in [0, 0.05) is 53.8 Å². The molecule has 0 spiro atoms. The number of rotatable bonds is 6. The molecule has 180 valence electrons. The zero-order valence-corrected chi connectivity index (χ0v) is 21.5. The number of piperazine rings is 1. The van der Waals surface area contributed by atoms with Crippen molar-refractivity contribution in [3.63, 3.8) is 0 Å². The van der Waals surface area contributed by atoms with Crippen LogP contribution >= 0.6 is 11.6 Å². The number of hydrogen-bond donors (Lipinski definition) is 1. The number of amides is 1. The van der Waals surface area contributed by atoms with Gasteiger partial charge in [-0.1, -0.05) is 24.6 Å². The number of benzene rings is 2. The third-order valence-electron chi connectivity index (χ3n) is 6.85. The molecule has 34 heavy (non-hydrogen) atoms. The maximum Gasteiger partial charge on any atom is 0.228 e. The van der Waals surface area contributed by atoms with Gasteiger partial charge in [0.25, 0.3) is 0 Å². The van der Waals surface area contributed by atoms with E-state index in [0.717, 1.165) is 72.2 Å². The molecule has 1 aliphatic heterocycles. The SMILES string of the molecule is CCN1CCN(c2ccc(NC(=O)Cc3c(C)nn(-c4ccc(C)c(Cl)c4)c3C)c(C)c2)CC1. The van der Waals surface area contributed by atoms with Crippen LogP contribution in [-0.4, -0.2) is 53.3 Å². The molecule has 1 aliphatic rings. The van der Waals surface area contributed by atoms with E-state index in [0.29, 0.717) is 5.02 Å². The number of hydrogen-bond acceptors (Lipinski definition) is 4. The molecule has 2 aromatic carbocycles. The fourth-order valence-electron chi connectivity index (χ4n) is 4.56. The Kier molecular flexibility index (Phi) is 7.29. The Balaban J connectivity index is 1.45. The molecule has 6 nitrogen and oxygen atoms in total. The van der Waals surface area contributed by atoms with Crippen LogP contribution in [0.2, 0.25) is 5.02 Å². The lowest BCUT2D eigenvalue weighted by atomic mass is 10.1. The summed E-state index contributed by atoms with van der Waals surface area (Å²) in [4.78, 5) is 17.8. The van der Waals surface area contributed by atoms with Gasteiger partial charge in [-0.2, -0.15) is 5.10 Å². The molecule has 7 heteroatoms. The molecule has 0 saturated carbocycles. The fourth-order valence-corrected chi connectivity index (χ4v) is 4.73. The molecular weight excluding hydrogens is 446 g/mol. The molecule has 0 radical (unpaired) electrons. The van der Waals surface area contributed by atoms with Gasteiger partial charge in [-0.3, -0.25) is 4.79 Å². The molecular formula is C27H34ClN5O. The summed E-state index contributed by atoms with van der Waals surface area (Å²) in [6, 6.07) is 12.2. The topological polar surface area (TPSA) is 53.4 Å². The van der Waals surface area contributed by atoms with E-state index in [1.165, 1.54) is 5.69 Å². The van der Waals surface area contributed by atoms with E-state index in [1.54, 1.807) is 0 Å². The van der Waals surface area contributed by atoms with Gasteiger partial charge in [0.2, 0.25) is 5.91 Å². The number of nitrogens with zero attached hydrogens (tertiary/aromatic N) is 4. The molecule has 1 saturated heterocycles. The van der Waals surface area contributed by atoms with Crippen LogP contribution in [0, 0.1) is 27.7 Å². The minimum atomic E-state index is -0.0416. The van der Waals surface area contributed by atoms with Crippen molar-refractivity contribution in [2.45, 2.75) is 41.0 Å². The Hall–Kier alpha value is -2.83. The van der Waals surface area contributed by atoms with Gasteiger partial charge in [0.15, 0.2) is 0 Å². The van der Waals surface area contributed by atoms with Gasteiger partial charge >= 0.3 is 0 Å². The molecule has 0 atom stereocenters. The Morgan fingerprint density at radius 2 is 1.68 bits per heavy atom. The molecule has 1 aromatic heterocycles. The van der Waals surface area contributed by atoms with E-state index in [2.05, 4.69) is 46.2 Å². The molecule has 3 aromatic rings. The summed E-state index contributed by atoms with van der Waals surface area (Å²) in [5.74, 6) is -0.0416. The summed E-state index contributed by atoms with van der Waals surface area (Å²) in [6.07, 6.45) is 0.275. The lowest BCUT2D eigenvalue weighted by Crippen LogP contribution is -2.46. The molecule has 1 amide bonds. The summed E-state index contributed by atoms with van der Waals surface area (Å²) in [6.45, 7) is 15.5. The molecule has 1 N–H and O–H groups in total. The van der Waals surface area contributed by atoms with Crippen LogP contribution in [0.4, 0.5) is 11.4 Å². The summed E-state index contributed by atoms with van der Waals surface area (Å²) in [5.41, 5.74) is 7.81. The number of halogens is 1.